The summed E-state index contributed by atoms with van der Waals surface area (Å²) in [5.74, 6) is -0.401. The van der Waals surface area contributed by atoms with E-state index in [1.807, 2.05) is 5.38 Å². The van der Waals surface area contributed by atoms with E-state index in [1.54, 1.807) is 48.0 Å². The van der Waals surface area contributed by atoms with E-state index in [-0.39, 0.29) is 18.0 Å². The van der Waals surface area contributed by atoms with Crippen LogP contribution in [0.25, 0.3) is 5.76 Å². The molecule has 0 bridgehead atoms. The molecule has 0 saturated carbocycles. The van der Waals surface area contributed by atoms with E-state index in [2.05, 4.69) is 4.98 Å². The van der Waals surface area contributed by atoms with Crippen molar-refractivity contribution >= 4 is 17.1 Å². The third-order valence-electron chi connectivity index (χ3n) is 3.77. The Morgan fingerprint density at radius 3 is 2.67 bits per heavy atom. The normalized spacial score (nSPS) is 13.4. The third-order valence-corrected chi connectivity index (χ3v) is 4.45. The number of aliphatic hydroxyl groups excluding tert-OH is 2. The molecule has 3 rings (SSSR count). The van der Waals surface area contributed by atoms with Crippen LogP contribution in [0.5, 0.6) is 0 Å². The van der Waals surface area contributed by atoms with Crippen LogP contribution in [0.3, 0.4) is 0 Å². The van der Waals surface area contributed by atoms with Gasteiger partial charge in [0.05, 0.1) is 0 Å². The summed E-state index contributed by atoms with van der Waals surface area (Å²) in [4.78, 5) is 4.00. The first-order chi connectivity index (χ1) is 11.7. The van der Waals surface area contributed by atoms with Crippen molar-refractivity contribution in [3.05, 3.63) is 93.7 Å². The van der Waals surface area contributed by atoms with Gasteiger partial charge in [0.25, 0.3) is 0 Å². The Morgan fingerprint density at radius 1 is 1.17 bits per heavy atom. The van der Waals surface area contributed by atoms with Gasteiger partial charge in [0.2, 0.25) is 0 Å². The lowest BCUT2D eigenvalue weighted by Gasteiger charge is -2.18. The minimum atomic E-state index is -1.07. The number of nitrogens with zero attached hydrogens (tertiary/aromatic N) is 1. The first kappa shape index (κ1) is 16.4. The molecule has 3 nitrogen and oxygen atoms in total. The summed E-state index contributed by atoms with van der Waals surface area (Å²) in [6, 6.07) is 11.5. The van der Waals surface area contributed by atoms with Crippen molar-refractivity contribution in [2.45, 2.75) is 12.5 Å². The molecule has 0 fully saturated rings. The highest BCUT2D eigenvalue weighted by Gasteiger charge is 2.21. The highest BCUT2D eigenvalue weighted by atomic mass is 32.1. The smallest absolute Gasteiger partial charge is 0.126 e. The summed E-state index contributed by atoms with van der Waals surface area (Å²) in [6.07, 6.45) is 2.17. The van der Waals surface area contributed by atoms with Crippen molar-refractivity contribution in [1.82, 2.24) is 4.98 Å². The van der Waals surface area contributed by atoms with Crippen LogP contribution in [0.2, 0.25) is 0 Å². The van der Waals surface area contributed by atoms with E-state index in [4.69, 9.17) is 0 Å². The fraction of sp³-hybridized carbons (Fsp3) is 0.105. The maximum atomic E-state index is 14.0. The molecule has 0 aliphatic rings. The van der Waals surface area contributed by atoms with E-state index in [9.17, 15) is 14.6 Å². The predicted molar refractivity (Wildman–Crippen MR) is 93.2 cm³/mol. The number of aromatic nitrogens is 1. The molecule has 0 amide bonds. The molecule has 5 heteroatoms. The van der Waals surface area contributed by atoms with Crippen LogP contribution in [0, 0.1) is 5.82 Å². The summed E-state index contributed by atoms with van der Waals surface area (Å²) < 4.78 is 14.0. The quantitative estimate of drug-likeness (QED) is 0.671. The van der Waals surface area contributed by atoms with Crippen LogP contribution >= 0.6 is 11.3 Å². The lowest BCUT2D eigenvalue weighted by Crippen LogP contribution is -2.09. The fourth-order valence-electron chi connectivity index (χ4n) is 2.48. The zero-order valence-corrected chi connectivity index (χ0v) is 13.6. The van der Waals surface area contributed by atoms with Gasteiger partial charge < -0.3 is 10.2 Å². The molecule has 24 heavy (non-hydrogen) atoms. The van der Waals surface area contributed by atoms with Crippen LogP contribution in [0.15, 0.2) is 71.2 Å². The summed E-state index contributed by atoms with van der Waals surface area (Å²) >= 11 is 1.44. The molecule has 3 aromatic rings. The topological polar surface area (TPSA) is 53.4 Å². The van der Waals surface area contributed by atoms with Gasteiger partial charge in [-0.15, -0.1) is 0 Å². The van der Waals surface area contributed by atoms with Gasteiger partial charge in [0, 0.05) is 40.9 Å². The number of rotatable bonds is 5. The maximum Gasteiger partial charge on any atom is 0.126 e. The summed E-state index contributed by atoms with van der Waals surface area (Å²) in [6.45, 7) is 0. The molecule has 2 N–H and O–H groups in total. The monoisotopic (exact) mass is 341 g/mol. The molecular weight excluding hydrogens is 325 g/mol. The highest BCUT2D eigenvalue weighted by Crippen LogP contribution is 2.31. The lowest BCUT2D eigenvalue weighted by atomic mass is 9.93. The molecule has 1 atom stereocenters. The fourth-order valence-corrected chi connectivity index (χ4v) is 3.12. The highest BCUT2D eigenvalue weighted by molar-refractivity contribution is 7.08. The van der Waals surface area contributed by atoms with Gasteiger partial charge in [0.15, 0.2) is 0 Å². The predicted octanol–water partition coefficient (Wildman–Crippen LogP) is 4.53. The molecule has 2 heterocycles. The van der Waals surface area contributed by atoms with Gasteiger partial charge in [-0.2, -0.15) is 11.3 Å². The van der Waals surface area contributed by atoms with Gasteiger partial charge in [-0.3, -0.25) is 4.98 Å². The molecule has 0 radical (unpaired) electrons. The number of pyridine rings is 1. The molecule has 0 aliphatic heterocycles. The number of hydrogen-bond acceptors (Lipinski definition) is 4. The number of thiophene rings is 1. The zero-order valence-electron chi connectivity index (χ0n) is 12.8. The van der Waals surface area contributed by atoms with Crippen molar-refractivity contribution in [3.63, 3.8) is 0 Å². The first-order valence-corrected chi connectivity index (χ1v) is 8.37. The van der Waals surface area contributed by atoms with E-state index < -0.39 is 6.10 Å². The van der Waals surface area contributed by atoms with Gasteiger partial charge >= 0.3 is 0 Å². The van der Waals surface area contributed by atoms with E-state index in [0.29, 0.717) is 22.3 Å². The number of halogens is 1. The van der Waals surface area contributed by atoms with Crippen LogP contribution in [0.1, 0.15) is 22.8 Å². The standard InChI is InChI=1S/C19H16FNO2S/c20-17-6-2-1-4-13(17)10-16(19(23)15-7-9-24-12-15)18(22)14-5-3-8-21-11-14/h1-9,11-12,18,22-23H,10H2/b19-16+. The third kappa shape index (κ3) is 3.53. The Bertz CT molecular complexity index is 832. The average Bonchev–Trinajstić information content (AvgIpc) is 3.15. The number of benzene rings is 1. The van der Waals surface area contributed by atoms with E-state index in [0.717, 1.165) is 0 Å². The van der Waals surface area contributed by atoms with Gasteiger partial charge in [0.1, 0.15) is 17.7 Å². The maximum absolute atomic E-state index is 14.0. The molecule has 2 aromatic heterocycles. The second-order valence-electron chi connectivity index (χ2n) is 5.34. The number of hydrogen-bond donors (Lipinski definition) is 2. The Morgan fingerprint density at radius 2 is 2.00 bits per heavy atom. The lowest BCUT2D eigenvalue weighted by molar-refractivity contribution is 0.209. The molecule has 1 unspecified atom stereocenters. The Balaban J connectivity index is 2.05. The summed E-state index contributed by atoms with van der Waals surface area (Å²) in [7, 11) is 0. The summed E-state index contributed by atoms with van der Waals surface area (Å²) in [5.41, 5.74) is 1.91. The SMILES string of the molecule is O/C(=C(\Cc1ccccc1F)C(O)c1cccnc1)c1ccsc1. The van der Waals surface area contributed by atoms with Crippen molar-refractivity contribution in [1.29, 1.82) is 0 Å². The van der Waals surface area contributed by atoms with Gasteiger partial charge in [-0.25, -0.2) is 4.39 Å². The Hall–Kier alpha value is -2.50. The van der Waals surface area contributed by atoms with Crippen LogP contribution < -0.4 is 0 Å². The van der Waals surface area contributed by atoms with E-state index in [1.165, 1.54) is 23.6 Å². The molecule has 0 saturated heterocycles. The van der Waals surface area contributed by atoms with Crippen molar-refractivity contribution in [3.8, 4) is 0 Å². The number of aliphatic hydroxyl groups is 2. The van der Waals surface area contributed by atoms with E-state index >= 15 is 0 Å². The minimum Gasteiger partial charge on any atom is -0.507 e. The molecule has 1 aromatic carbocycles. The van der Waals surface area contributed by atoms with Crippen molar-refractivity contribution in [2.24, 2.45) is 0 Å². The first-order valence-electron chi connectivity index (χ1n) is 7.43. The van der Waals surface area contributed by atoms with Crippen LogP contribution in [0.4, 0.5) is 4.39 Å². The van der Waals surface area contributed by atoms with Crippen LogP contribution in [-0.2, 0) is 6.42 Å². The molecular formula is C19H16FNO2S. The van der Waals surface area contributed by atoms with Crippen LogP contribution in [-0.4, -0.2) is 15.2 Å². The van der Waals surface area contributed by atoms with Gasteiger partial charge in [-0.05, 0) is 29.1 Å². The van der Waals surface area contributed by atoms with Gasteiger partial charge in [-0.1, -0.05) is 24.3 Å². The Kier molecular flexibility index (Phi) is 5.03. The van der Waals surface area contributed by atoms with Crippen molar-refractivity contribution < 1.29 is 14.6 Å². The second-order valence-corrected chi connectivity index (χ2v) is 6.12. The largest absolute Gasteiger partial charge is 0.507 e. The second kappa shape index (κ2) is 7.38. The Labute approximate surface area is 143 Å². The minimum absolute atomic E-state index is 0.0316. The molecule has 122 valence electrons. The zero-order chi connectivity index (χ0) is 16.9. The molecule has 0 spiro atoms. The molecule has 0 aliphatic carbocycles. The summed E-state index contributed by atoms with van der Waals surface area (Å²) in [5, 5.41) is 25.0. The van der Waals surface area contributed by atoms with Crippen molar-refractivity contribution in [2.75, 3.05) is 0 Å². The average molecular weight is 341 g/mol.